The highest BCUT2D eigenvalue weighted by atomic mass is 16.5. The minimum atomic E-state index is -0.632. The molecule has 0 saturated heterocycles. The lowest BCUT2D eigenvalue weighted by Crippen LogP contribution is -2.30. The summed E-state index contributed by atoms with van der Waals surface area (Å²) in [4.78, 5) is 16.4. The minimum Gasteiger partial charge on any atom is -0.479 e. The normalized spacial score (nSPS) is 15.6. The first-order valence-corrected chi connectivity index (χ1v) is 8.43. The first kappa shape index (κ1) is 15.6. The number of carbonyl (C=O) groups excluding carboxylic acids is 1. The van der Waals surface area contributed by atoms with Crippen LogP contribution in [0.2, 0.25) is 0 Å². The van der Waals surface area contributed by atoms with E-state index in [1.54, 1.807) is 31.5 Å². The van der Waals surface area contributed by atoms with Crippen LogP contribution in [0.25, 0.3) is 5.65 Å². The van der Waals surface area contributed by atoms with Crippen LogP contribution in [0.1, 0.15) is 37.9 Å². The van der Waals surface area contributed by atoms with Gasteiger partial charge in [0.15, 0.2) is 11.8 Å². The summed E-state index contributed by atoms with van der Waals surface area (Å²) in [6, 6.07) is 7.22. The maximum atomic E-state index is 12.4. The quantitative estimate of drug-likeness (QED) is 0.774. The van der Waals surface area contributed by atoms with Crippen LogP contribution in [0.15, 0.2) is 42.9 Å². The highest BCUT2D eigenvalue weighted by Crippen LogP contribution is 2.35. The first-order chi connectivity index (χ1) is 12.2. The van der Waals surface area contributed by atoms with Gasteiger partial charge in [0.2, 0.25) is 0 Å². The lowest BCUT2D eigenvalue weighted by Gasteiger charge is -2.23. The van der Waals surface area contributed by atoms with Crippen LogP contribution in [0.4, 0.5) is 5.69 Å². The first-order valence-electron chi connectivity index (χ1n) is 8.43. The van der Waals surface area contributed by atoms with Gasteiger partial charge in [0.1, 0.15) is 11.6 Å². The number of pyridine rings is 2. The van der Waals surface area contributed by atoms with Crippen LogP contribution in [-0.2, 0) is 4.79 Å². The molecule has 0 aliphatic heterocycles. The Balaban J connectivity index is 1.48. The molecule has 0 radical (unpaired) electrons. The number of rotatable bonds is 5. The second-order valence-electron chi connectivity index (χ2n) is 6.27. The maximum Gasteiger partial charge on any atom is 0.265 e. The van der Waals surface area contributed by atoms with Crippen LogP contribution in [0.3, 0.4) is 0 Å². The Morgan fingerprint density at radius 3 is 2.92 bits per heavy atom. The average molecular weight is 337 g/mol. The summed E-state index contributed by atoms with van der Waals surface area (Å²) in [5.74, 6) is 1.78. The molecule has 3 aromatic heterocycles. The number of carbonyl (C=O) groups is 1. The van der Waals surface area contributed by atoms with Crippen molar-refractivity contribution in [3.63, 3.8) is 0 Å². The Morgan fingerprint density at radius 2 is 2.20 bits per heavy atom. The van der Waals surface area contributed by atoms with Crippen molar-refractivity contribution in [2.75, 3.05) is 5.32 Å². The Morgan fingerprint density at radius 1 is 1.32 bits per heavy atom. The third-order valence-corrected chi connectivity index (χ3v) is 4.48. The minimum absolute atomic E-state index is 0.221. The molecule has 25 heavy (non-hydrogen) atoms. The smallest absolute Gasteiger partial charge is 0.265 e. The molecule has 128 valence electrons. The molecule has 1 unspecified atom stereocenters. The third-order valence-electron chi connectivity index (χ3n) is 4.48. The van der Waals surface area contributed by atoms with E-state index in [2.05, 4.69) is 20.5 Å². The number of hydrogen-bond acceptors (Lipinski definition) is 5. The number of aromatic nitrogens is 4. The number of amides is 1. The molecule has 3 heterocycles. The SMILES string of the molecule is CC(Oc1cccnc1)C(=O)Nc1ccc2nnc(C3CCC3)n2c1. The standard InChI is InChI=1S/C18H19N5O2/c1-12(25-15-6-3-9-19-10-15)18(24)20-14-7-8-16-21-22-17(23(16)11-14)13-4-2-5-13/h3,6-13H,2,4-5H2,1H3,(H,20,24). The van der Waals surface area contributed by atoms with Gasteiger partial charge in [0.25, 0.3) is 5.91 Å². The predicted molar refractivity (Wildman–Crippen MR) is 92.5 cm³/mol. The van der Waals surface area contributed by atoms with Crippen LogP contribution >= 0.6 is 0 Å². The van der Waals surface area contributed by atoms with Crippen molar-refractivity contribution < 1.29 is 9.53 Å². The van der Waals surface area contributed by atoms with Crippen LogP contribution in [0.5, 0.6) is 5.75 Å². The summed E-state index contributed by atoms with van der Waals surface area (Å²) >= 11 is 0. The van der Waals surface area contributed by atoms with Crippen LogP contribution < -0.4 is 10.1 Å². The molecule has 1 aliphatic rings. The molecule has 1 atom stereocenters. The molecule has 1 aliphatic carbocycles. The van der Waals surface area contributed by atoms with Crippen molar-refractivity contribution in [3.05, 3.63) is 48.7 Å². The maximum absolute atomic E-state index is 12.4. The van der Waals surface area contributed by atoms with Crippen LogP contribution in [-0.4, -0.2) is 31.6 Å². The second kappa shape index (κ2) is 6.51. The van der Waals surface area contributed by atoms with E-state index in [1.165, 1.54) is 6.42 Å². The van der Waals surface area contributed by atoms with Gasteiger partial charge in [-0.1, -0.05) is 6.42 Å². The molecule has 1 amide bonds. The summed E-state index contributed by atoms with van der Waals surface area (Å²) in [6.07, 6.45) is 8.01. The summed E-state index contributed by atoms with van der Waals surface area (Å²) in [5.41, 5.74) is 1.49. The molecule has 4 rings (SSSR count). The van der Waals surface area contributed by atoms with Crippen molar-refractivity contribution in [1.82, 2.24) is 19.6 Å². The fraction of sp³-hybridized carbons (Fsp3) is 0.333. The molecule has 0 spiro atoms. The van der Waals surface area contributed by atoms with E-state index in [0.29, 0.717) is 17.4 Å². The average Bonchev–Trinajstić information content (AvgIpc) is 2.97. The van der Waals surface area contributed by atoms with E-state index in [-0.39, 0.29) is 5.91 Å². The van der Waals surface area contributed by atoms with Crippen molar-refractivity contribution in [3.8, 4) is 5.75 Å². The topological polar surface area (TPSA) is 81.4 Å². The zero-order valence-corrected chi connectivity index (χ0v) is 13.9. The molecule has 1 N–H and O–H groups in total. The highest BCUT2D eigenvalue weighted by Gasteiger charge is 2.24. The van der Waals surface area contributed by atoms with E-state index in [4.69, 9.17) is 4.74 Å². The zero-order valence-electron chi connectivity index (χ0n) is 13.9. The van der Waals surface area contributed by atoms with Gasteiger partial charge in [-0.05, 0) is 44.0 Å². The molecular weight excluding hydrogens is 318 g/mol. The highest BCUT2D eigenvalue weighted by molar-refractivity contribution is 5.94. The molecule has 1 saturated carbocycles. The summed E-state index contributed by atoms with van der Waals surface area (Å²) in [5, 5.41) is 11.4. The van der Waals surface area contributed by atoms with Crippen molar-refractivity contribution in [2.45, 2.75) is 38.2 Å². The van der Waals surface area contributed by atoms with E-state index < -0.39 is 6.10 Å². The van der Waals surface area contributed by atoms with Gasteiger partial charge < -0.3 is 10.1 Å². The van der Waals surface area contributed by atoms with E-state index >= 15 is 0 Å². The van der Waals surface area contributed by atoms with Gasteiger partial charge in [-0.25, -0.2) is 0 Å². The molecule has 0 aromatic carbocycles. The van der Waals surface area contributed by atoms with Gasteiger partial charge in [-0.2, -0.15) is 0 Å². The van der Waals surface area contributed by atoms with Crippen molar-refractivity contribution >= 4 is 17.2 Å². The number of hydrogen-bond donors (Lipinski definition) is 1. The third kappa shape index (κ3) is 3.17. The molecule has 7 nitrogen and oxygen atoms in total. The number of fused-ring (bicyclic) bond motifs is 1. The summed E-state index contributed by atoms with van der Waals surface area (Å²) in [6.45, 7) is 1.71. The van der Waals surface area contributed by atoms with E-state index in [1.807, 2.05) is 22.7 Å². The van der Waals surface area contributed by atoms with E-state index in [0.717, 1.165) is 24.3 Å². The largest absolute Gasteiger partial charge is 0.479 e. The molecule has 1 fully saturated rings. The molecular formula is C18H19N5O2. The molecule has 0 bridgehead atoms. The zero-order chi connectivity index (χ0) is 17.2. The Kier molecular flexibility index (Phi) is 4.05. The molecule has 7 heteroatoms. The Hall–Kier alpha value is -2.96. The lowest BCUT2D eigenvalue weighted by atomic mass is 9.85. The monoisotopic (exact) mass is 337 g/mol. The fourth-order valence-electron chi connectivity index (χ4n) is 2.85. The second-order valence-corrected chi connectivity index (χ2v) is 6.27. The number of nitrogens with zero attached hydrogens (tertiary/aromatic N) is 4. The van der Waals surface area contributed by atoms with Crippen molar-refractivity contribution in [2.24, 2.45) is 0 Å². The van der Waals surface area contributed by atoms with Gasteiger partial charge in [-0.3, -0.25) is 14.2 Å². The predicted octanol–water partition coefficient (Wildman–Crippen LogP) is 2.80. The fourth-order valence-corrected chi connectivity index (χ4v) is 2.85. The van der Waals surface area contributed by atoms with E-state index in [9.17, 15) is 4.79 Å². The van der Waals surface area contributed by atoms with Gasteiger partial charge in [-0.15, -0.1) is 10.2 Å². The number of ether oxygens (including phenoxy) is 1. The van der Waals surface area contributed by atoms with Crippen LogP contribution in [0, 0.1) is 0 Å². The lowest BCUT2D eigenvalue weighted by molar-refractivity contribution is -0.122. The molecule has 3 aromatic rings. The number of anilines is 1. The summed E-state index contributed by atoms with van der Waals surface area (Å²) < 4.78 is 7.57. The van der Waals surface area contributed by atoms with Gasteiger partial charge in [0.05, 0.1) is 11.9 Å². The van der Waals surface area contributed by atoms with Gasteiger partial charge >= 0.3 is 0 Å². The Bertz CT molecular complexity index is 889. The van der Waals surface area contributed by atoms with Gasteiger partial charge in [0, 0.05) is 18.3 Å². The van der Waals surface area contributed by atoms with Crippen molar-refractivity contribution in [1.29, 1.82) is 0 Å². The Labute approximate surface area is 145 Å². The summed E-state index contributed by atoms with van der Waals surface area (Å²) in [7, 11) is 0. The number of nitrogens with one attached hydrogen (secondary N) is 1.